The van der Waals surface area contributed by atoms with Gasteiger partial charge in [-0.05, 0) is 45.4 Å². The Morgan fingerprint density at radius 2 is 2.00 bits per heavy atom. The van der Waals surface area contributed by atoms with Gasteiger partial charge in [-0.3, -0.25) is 4.79 Å². The summed E-state index contributed by atoms with van der Waals surface area (Å²) in [6.45, 7) is 7.81. The lowest BCUT2D eigenvalue weighted by Gasteiger charge is -2.23. The van der Waals surface area contributed by atoms with Gasteiger partial charge in [-0.1, -0.05) is 0 Å². The molecule has 3 atom stereocenters. The van der Waals surface area contributed by atoms with Crippen LogP contribution in [0, 0.1) is 11.8 Å². The zero-order valence-corrected chi connectivity index (χ0v) is 12.3. The molecule has 4 nitrogen and oxygen atoms in total. The maximum atomic E-state index is 12.0. The van der Waals surface area contributed by atoms with E-state index in [1.807, 2.05) is 25.7 Å². The summed E-state index contributed by atoms with van der Waals surface area (Å²) in [4.78, 5) is 13.9. The first-order valence-corrected chi connectivity index (χ1v) is 6.54. The van der Waals surface area contributed by atoms with Gasteiger partial charge in [-0.15, -0.1) is 12.4 Å². The van der Waals surface area contributed by atoms with Crippen molar-refractivity contribution in [2.45, 2.75) is 45.3 Å². The van der Waals surface area contributed by atoms with E-state index < -0.39 is 0 Å². The number of nitrogens with two attached hydrogens (primary N) is 1. The highest BCUT2D eigenvalue weighted by molar-refractivity contribution is 5.85. The van der Waals surface area contributed by atoms with Crippen LogP contribution in [0.1, 0.15) is 33.6 Å². The van der Waals surface area contributed by atoms with Crippen LogP contribution in [0.4, 0.5) is 0 Å². The molecule has 1 aliphatic heterocycles. The van der Waals surface area contributed by atoms with Crippen molar-refractivity contribution < 1.29 is 9.53 Å². The minimum Gasteiger partial charge on any atom is -0.366 e. The number of ether oxygens (including phenoxy) is 1. The number of halogens is 1. The average molecular weight is 277 g/mol. The summed E-state index contributed by atoms with van der Waals surface area (Å²) in [5.74, 6) is 1.26. The van der Waals surface area contributed by atoms with E-state index in [2.05, 4.69) is 0 Å². The predicted molar refractivity (Wildman–Crippen MR) is 73.7 cm³/mol. The molecule has 1 amide bonds. The molecule has 2 rings (SSSR count). The third-order valence-corrected chi connectivity index (χ3v) is 3.89. The number of likely N-dealkylation sites (tertiary alicyclic amines) is 1. The Balaban J connectivity index is 0.00000162. The van der Waals surface area contributed by atoms with Crippen molar-refractivity contribution in [3.63, 3.8) is 0 Å². The number of nitrogens with zero attached hydrogens (tertiary/aromatic N) is 1. The standard InChI is InChI=1S/C13H24N2O2.ClH/c1-13(2,3)17-8-12(16)15-6-9-4-5-11(14)10(9)7-15;/h9-11H,4-8,14H2,1-3H3;1H. The number of amides is 1. The molecular formula is C13H25ClN2O2. The number of rotatable bonds is 2. The molecule has 1 saturated heterocycles. The van der Waals surface area contributed by atoms with Crippen LogP contribution in [-0.2, 0) is 9.53 Å². The van der Waals surface area contributed by atoms with E-state index in [1.165, 1.54) is 6.42 Å². The van der Waals surface area contributed by atoms with Gasteiger partial charge in [0.05, 0.1) is 5.60 Å². The van der Waals surface area contributed by atoms with Crippen LogP contribution in [0.5, 0.6) is 0 Å². The highest BCUT2D eigenvalue weighted by Gasteiger charge is 2.42. The molecule has 0 aromatic heterocycles. The van der Waals surface area contributed by atoms with Crippen molar-refractivity contribution >= 4 is 18.3 Å². The van der Waals surface area contributed by atoms with Crippen LogP contribution >= 0.6 is 12.4 Å². The molecular weight excluding hydrogens is 252 g/mol. The molecule has 0 aromatic rings. The number of hydrogen-bond donors (Lipinski definition) is 1. The van der Waals surface area contributed by atoms with Crippen LogP contribution in [-0.4, -0.2) is 42.1 Å². The maximum Gasteiger partial charge on any atom is 0.248 e. The lowest BCUT2D eigenvalue weighted by atomic mass is 9.98. The Morgan fingerprint density at radius 3 is 2.56 bits per heavy atom. The minimum atomic E-state index is -0.248. The van der Waals surface area contributed by atoms with Crippen molar-refractivity contribution in [1.82, 2.24) is 4.90 Å². The molecule has 18 heavy (non-hydrogen) atoms. The number of carbonyl (C=O) groups excluding carboxylic acids is 1. The van der Waals surface area contributed by atoms with Gasteiger partial charge in [0.1, 0.15) is 6.61 Å². The maximum absolute atomic E-state index is 12.0. The van der Waals surface area contributed by atoms with Gasteiger partial charge in [0.2, 0.25) is 5.91 Å². The van der Waals surface area contributed by atoms with Gasteiger partial charge in [0.25, 0.3) is 0 Å². The second-order valence-corrected chi connectivity index (χ2v) is 6.36. The monoisotopic (exact) mass is 276 g/mol. The second-order valence-electron chi connectivity index (χ2n) is 6.36. The fourth-order valence-corrected chi connectivity index (χ4v) is 2.88. The molecule has 2 aliphatic rings. The van der Waals surface area contributed by atoms with Crippen LogP contribution in [0.25, 0.3) is 0 Å². The van der Waals surface area contributed by atoms with Crippen molar-refractivity contribution in [3.8, 4) is 0 Å². The fraction of sp³-hybridized carbons (Fsp3) is 0.923. The Morgan fingerprint density at radius 1 is 1.33 bits per heavy atom. The third-order valence-electron chi connectivity index (χ3n) is 3.89. The third kappa shape index (κ3) is 3.59. The van der Waals surface area contributed by atoms with Crippen LogP contribution < -0.4 is 5.73 Å². The fourth-order valence-electron chi connectivity index (χ4n) is 2.88. The summed E-state index contributed by atoms with van der Waals surface area (Å²) in [7, 11) is 0. The van der Waals surface area contributed by atoms with Crippen LogP contribution in [0.15, 0.2) is 0 Å². The van der Waals surface area contributed by atoms with E-state index in [-0.39, 0.29) is 30.5 Å². The predicted octanol–water partition coefficient (Wildman–Crippen LogP) is 1.42. The van der Waals surface area contributed by atoms with Crippen molar-refractivity contribution in [2.24, 2.45) is 17.6 Å². The summed E-state index contributed by atoms with van der Waals surface area (Å²) in [5.41, 5.74) is 5.81. The average Bonchev–Trinajstić information content (AvgIpc) is 2.77. The van der Waals surface area contributed by atoms with Gasteiger partial charge >= 0.3 is 0 Å². The zero-order valence-electron chi connectivity index (χ0n) is 11.5. The molecule has 1 heterocycles. The molecule has 2 fully saturated rings. The molecule has 0 radical (unpaired) electrons. The summed E-state index contributed by atoms with van der Waals surface area (Å²) >= 11 is 0. The first-order valence-electron chi connectivity index (χ1n) is 6.54. The molecule has 3 unspecified atom stereocenters. The Kier molecular flexibility index (Phi) is 5.04. The van der Waals surface area contributed by atoms with Gasteiger partial charge in [-0.25, -0.2) is 0 Å². The molecule has 2 N–H and O–H groups in total. The summed E-state index contributed by atoms with van der Waals surface area (Å²) in [5, 5.41) is 0. The van der Waals surface area contributed by atoms with Crippen molar-refractivity contribution in [3.05, 3.63) is 0 Å². The molecule has 0 aromatic carbocycles. The van der Waals surface area contributed by atoms with Crippen LogP contribution in [0.3, 0.4) is 0 Å². The summed E-state index contributed by atoms with van der Waals surface area (Å²) in [6, 6.07) is 0.293. The van der Waals surface area contributed by atoms with E-state index in [1.54, 1.807) is 0 Å². The SMILES string of the molecule is CC(C)(C)OCC(=O)N1CC2CCC(N)C2C1.Cl. The van der Waals surface area contributed by atoms with E-state index in [4.69, 9.17) is 10.5 Å². The Bertz CT molecular complexity index is 304. The van der Waals surface area contributed by atoms with E-state index in [0.29, 0.717) is 17.9 Å². The Labute approximate surface area is 116 Å². The van der Waals surface area contributed by atoms with Crippen molar-refractivity contribution in [2.75, 3.05) is 19.7 Å². The second kappa shape index (κ2) is 5.76. The van der Waals surface area contributed by atoms with Crippen molar-refractivity contribution in [1.29, 1.82) is 0 Å². The van der Waals surface area contributed by atoms with Crippen LogP contribution in [0.2, 0.25) is 0 Å². The molecule has 1 saturated carbocycles. The number of fused-ring (bicyclic) bond motifs is 1. The molecule has 0 bridgehead atoms. The first-order chi connectivity index (χ1) is 7.87. The van der Waals surface area contributed by atoms with Gasteiger partial charge in [0, 0.05) is 19.1 Å². The van der Waals surface area contributed by atoms with Gasteiger partial charge in [-0.2, -0.15) is 0 Å². The highest BCUT2D eigenvalue weighted by Crippen LogP contribution is 2.37. The molecule has 5 heteroatoms. The Hall–Kier alpha value is -0.320. The zero-order chi connectivity index (χ0) is 12.6. The smallest absolute Gasteiger partial charge is 0.248 e. The lowest BCUT2D eigenvalue weighted by molar-refractivity contribution is -0.140. The molecule has 106 valence electrons. The summed E-state index contributed by atoms with van der Waals surface area (Å²) in [6.07, 6.45) is 2.30. The normalized spacial score (nSPS) is 31.1. The highest BCUT2D eigenvalue weighted by atomic mass is 35.5. The molecule has 0 spiro atoms. The van der Waals surface area contributed by atoms with E-state index >= 15 is 0 Å². The largest absolute Gasteiger partial charge is 0.366 e. The molecule has 1 aliphatic carbocycles. The quantitative estimate of drug-likeness (QED) is 0.830. The topological polar surface area (TPSA) is 55.6 Å². The van der Waals surface area contributed by atoms with Gasteiger partial charge in [0.15, 0.2) is 0 Å². The van der Waals surface area contributed by atoms with E-state index in [9.17, 15) is 4.79 Å². The van der Waals surface area contributed by atoms with E-state index in [0.717, 1.165) is 19.5 Å². The number of carbonyl (C=O) groups is 1. The van der Waals surface area contributed by atoms with Gasteiger partial charge < -0.3 is 15.4 Å². The number of hydrogen-bond acceptors (Lipinski definition) is 3. The minimum absolute atomic E-state index is 0. The lowest BCUT2D eigenvalue weighted by Crippen LogP contribution is -2.37. The summed E-state index contributed by atoms with van der Waals surface area (Å²) < 4.78 is 5.53. The first kappa shape index (κ1) is 15.7.